The van der Waals surface area contributed by atoms with Crippen molar-refractivity contribution >= 4 is 35.0 Å². The van der Waals surface area contributed by atoms with Crippen molar-refractivity contribution < 1.29 is 23.9 Å². The van der Waals surface area contributed by atoms with Crippen LogP contribution >= 0.6 is 11.6 Å². The molecule has 10 nitrogen and oxygen atoms in total. The van der Waals surface area contributed by atoms with Crippen LogP contribution in [0, 0.1) is 12.7 Å². The van der Waals surface area contributed by atoms with E-state index in [0.29, 0.717) is 24.0 Å². The molecule has 4 aromatic rings. The average Bonchev–Trinajstić information content (AvgIpc) is 3.51. The Kier molecular flexibility index (Phi) is 6.30. The lowest BCUT2D eigenvalue weighted by molar-refractivity contribution is 0.0695. The number of carboxylic acids is 1. The first-order valence-corrected chi connectivity index (χ1v) is 11.7. The molecule has 1 aliphatic carbocycles. The van der Waals surface area contributed by atoms with Gasteiger partial charge >= 0.3 is 5.97 Å². The quantitative estimate of drug-likeness (QED) is 0.353. The number of aromatic carboxylic acids is 1. The van der Waals surface area contributed by atoms with E-state index in [2.05, 4.69) is 25.7 Å². The number of hydrogen-bond donors (Lipinski definition) is 3. The predicted molar refractivity (Wildman–Crippen MR) is 130 cm³/mol. The molecule has 2 heterocycles. The number of carboxylic acid groups (broad SMARTS) is 1. The Bertz CT molecular complexity index is 1590. The van der Waals surface area contributed by atoms with E-state index < -0.39 is 23.6 Å². The summed E-state index contributed by atoms with van der Waals surface area (Å²) in [6, 6.07) is 8.52. The third-order valence-corrected chi connectivity index (χ3v) is 6.62. The highest BCUT2D eigenvalue weighted by Crippen LogP contribution is 2.34. The standard InChI is InChI=1S/C25H20ClFN6O4/c1-12-14-5-7-19(16(14)4-3-15(12)25(36)37)30-24(35)22-32-21(31-20-8-9-29-33(20)22)23(34)28-11-13-2-6-18(27)17(26)10-13/h2-4,6,8-10,19H,5,7,11H2,1H3,(H,28,34)(H,30,35)(H,36,37)/t19-/m0/s1. The summed E-state index contributed by atoms with van der Waals surface area (Å²) in [7, 11) is 0. The van der Waals surface area contributed by atoms with Gasteiger partial charge in [0.1, 0.15) is 5.82 Å². The van der Waals surface area contributed by atoms with Gasteiger partial charge in [-0.05, 0) is 60.2 Å². The number of nitrogens with one attached hydrogen (secondary N) is 2. The maximum atomic E-state index is 13.4. The lowest BCUT2D eigenvalue weighted by Crippen LogP contribution is -2.32. The number of fused-ring (bicyclic) bond motifs is 2. The fraction of sp³-hybridized carbons (Fsp3) is 0.200. The zero-order chi connectivity index (χ0) is 26.3. The summed E-state index contributed by atoms with van der Waals surface area (Å²) in [4.78, 5) is 45.9. The van der Waals surface area contributed by atoms with Gasteiger partial charge in [0.05, 0.1) is 22.8 Å². The first kappa shape index (κ1) is 24.3. The predicted octanol–water partition coefficient (Wildman–Crippen LogP) is 3.27. The highest BCUT2D eigenvalue weighted by atomic mass is 35.5. The van der Waals surface area contributed by atoms with E-state index in [-0.39, 0.29) is 40.5 Å². The molecule has 0 fully saturated rings. The number of carbonyl (C=O) groups excluding carboxylic acids is 2. The van der Waals surface area contributed by atoms with Crippen LogP contribution in [0.3, 0.4) is 0 Å². The Morgan fingerprint density at radius 2 is 1.97 bits per heavy atom. The Balaban J connectivity index is 1.37. The number of benzene rings is 2. The summed E-state index contributed by atoms with van der Waals surface area (Å²) in [6.45, 7) is 1.81. The molecular formula is C25H20ClFN6O4. The van der Waals surface area contributed by atoms with E-state index in [1.165, 1.54) is 41.0 Å². The van der Waals surface area contributed by atoms with Gasteiger partial charge in [0.2, 0.25) is 11.6 Å². The minimum atomic E-state index is -0.997. The number of rotatable bonds is 6. The summed E-state index contributed by atoms with van der Waals surface area (Å²) in [6.07, 6.45) is 2.64. The summed E-state index contributed by atoms with van der Waals surface area (Å²) >= 11 is 5.79. The summed E-state index contributed by atoms with van der Waals surface area (Å²) < 4.78 is 14.6. The molecule has 0 unspecified atom stereocenters. The van der Waals surface area contributed by atoms with Gasteiger partial charge in [-0.3, -0.25) is 9.59 Å². The van der Waals surface area contributed by atoms with Gasteiger partial charge in [-0.25, -0.2) is 14.2 Å². The molecule has 5 rings (SSSR count). The molecule has 0 aliphatic heterocycles. The summed E-state index contributed by atoms with van der Waals surface area (Å²) in [5.41, 5.74) is 3.49. The van der Waals surface area contributed by atoms with Gasteiger partial charge in [-0.15, -0.1) is 0 Å². The Hall–Kier alpha value is -4.38. The molecule has 0 bridgehead atoms. The molecule has 1 aliphatic rings. The van der Waals surface area contributed by atoms with Crippen molar-refractivity contribution in [3.05, 3.63) is 92.9 Å². The van der Waals surface area contributed by atoms with Crippen molar-refractivity contribution in [2.75, 3.05) is 0 Å². The van der Waals surface area contributed by atoms with Crippen LogP contribution < -0.4 is 10.6 Å². The number of amides is 2. The molecule has 2 aromatic heterocycles. The maximum absolute atomic E-state index is 13.4. The zero-order valence-corrected chi connectivity index (χ0v) is 20.2. The number of carbonyl (C=O) groups is 3. The summed E-state index contributed by atoms with van der Waals surface area (Å²) in [5.74, 6) is -3.13. The molecule has 0 radical (unpaired) electrons. The molecule has 0 saturated carbocycles. The van der Waals surface area contributed by atoms with Gasteiger partial charge in [-0.1, -0.05) is 23.7 Å². The molecule has 2 aromatic carbocycles. The van der Waals surface area contributed by atoms with Crippen LogP contribution in [0.25, 0.3) is 5.65 Å². The number of aromatic nitrogens is 4. The minimum absolute atomic E-state index is 0.0463. The molecule has 3 N–H and O–H groups in total. The van der Waals surface area contributed by atoms with Crippen LogP contribution in [0.5, 0.6) is 0 Å². The Morgan fingerprint density at radius 3 is 2.73 bits per heavy atom. The van der Waals surface area contributed by atoms with Gasteiger partial charge in [-0.2, -0.15) is 14.6 Å². The minimum Gasteiger partial charge on any atom is -0.478 e. The highest BCUT2D eigenvalue weighted by Gasteiger charge is 2.29. The van der Waals surface area contributed by atoms with E-state index in [0.717, 1.165) is 11.1 Å². The molecule has 0 saturated heterocycles. The molecule has 12 heteroatoms. The lowest BCUT2D eigenvalue weighted by atomic mass is 9.98. The molecule has 1 atom stereocenters. The Morgan fingerprint density at radius 1 is 1.16 bits per heavy atom. The van der Waals surface area contributed by atoms with Gasteiger partial charge < -0.3 is 15.7 Å². The van der Waals surface area contributed by atoms with Crippen LogP contribution in [-0.4, -0.2) is 42.5 Å². The van der Waals surface area contributed by atoms with Crippen LogP contribution in [-0.2, 0) is 13.0 Å². The fourth-order valence-corrected chi connectivity index (χ4v) is 4.67. The molecular weight excluding hydrogens is 503 g/mol. The second-order valence-electron chi connectivity index (χ2n) is 8.58. The smallest absolute Gasteiger partial charge is 0.335 e. The van der Waals surface area contributed by atoms with Crippen LogP contribution in [0.4, 0.5) is 4.39 Å². The van der Waals surface area contributed by atoms with Crippen molar-refractivity contribution in [2.45, 2.75) is 32.4 Å². The number of hydrogen-bond acceptors (Lipinski definition) is 6. The molecule has 2 amide bonds. The molecule has 188 valence electrons. The lowest BCUT2D eigenvalue weighted by Gasteiger charge is -2.15. The van der Waals surface area contributed by atoms with Crippen molar-refractivity contribution in [2.24, 2.45) is 0 Å². The third-order valence-electron chi connectivity index (χ3n) is 6.33. The van der Waals surface area contributed by atoms with E-state index in [4.69, 9.17) is 11.6 Å². The van der Waals surface area contributed by atoms with Crippen LogP contribution in [0.1, 0.15) is 66.3 Å². The number of nitrogens with zero attached hydrogens (tertiary/aromatic N) is 4. The zero-order valence-electron chi connectivity index (χ0n) is 19.5. The Labute approximate surface area is 214 Å². The topological polar surface area (TPSA) is 139 Å². The first-order chi connectivity index (χ1) is 17.7. The summed E-state index contributed by atoms with van der Waals surface area (Å²) in [5, 5.41) is 19.0. The van der Waals surface area contributed by atoms with Crippen LogP contribution in [0.15, 0.2) is 42.6 Å². The first-order valence-electron chi connectivity index (χ1n) is 11.3. The monoisotopic (exact) mass is 522 g/mol. The second kappa shape index (κ2) is 9.58. The van der Waals surface area contributed by atoms with Gasteiger partial charge in [0, 0.05) is 12.6 Å². The van der Waals surface area contributed by atoms with E-state index in [1.807, 2.05) is 0 Å². The fourth-order valence-electron chi connectivity index (χ4n) is 4.47. The SMILES string of the molecule is Cc1c(C(=O)O)ccc2c1CC[C@@H]2NC(=O)c1nc(C(=O)NCc2ccc(F)c(Cl)c2)nc2ccnn12. The highest BCUT2D eigenvalue weighted by molar-refractivity contribution is 6.30. The van der Waals surface area contributed by atoms with Crippen molar-refractivity contribution in [1.29, 1.82) is 0 Å². The van der Waals surface area contributed by atoms with Crippen molar-refractivity contribution in [3.8, 4) is 0 Å². The molecule has 37 heavy (non-hydrogen) atoms. The van der Waals surface area contributed by atoms with Crippen molar-refractivity contribution in [3.63, 3.8) is 0 Å². The van der Waals surface area contributed by atoms with E-state index in [9.17, 15) is 23.9 Å². The van der Waals surface area contributed by atoms with Crippen molar-refractivity contribution in [1.82, 2.24) is 30.2 Å². The van der Waals surface area contributed by atoms with Gasteiger partial charge in [0.25, 0.3) is 11.8 Å². The van der Waals surface area contributed by atoms with Crippen LogP contribution in [0.2, 0.25) is 5.02 Å². The normalized spacial score (nSPS) is 14.4. The largest absolute Gasteiger partial charge is 0.478 e. The van der Waals surface area contributed by atoms with E-state index >= 15 is 0 Å². The maximum Gasteiger partial charge on any atom is 0.335 e. The second-order valence-corrected chi connectivity index (χ2v) is 8.99. The average molecular weight is 523 g/mol. The van der Waals surface area contributed by atoms with E-state index in [1.54, 1.807) is 13.0 Å². The third kappa shape index (κ3) is 4.60. The number of halogens is 2. The van der Waals surface area contributed by atoms with Gasteiger partial charge in [0.15, 0.2) is 5.65 Å². The molecule has 0 spiro atoms.